The van der Waals surface area contributed by atoms with Crippen LogP contribution in [-0.4, -0.2) is 21.7 Å². The van der Waals surface area contributed by atoms with Crippen molar-refractivity contribution < 1.29 is 4.52 Å². The standard InChI is InChI=1S/C16H12ClN5O/c17-13-3-1-2-12(8-13)16-21-15(23-22-16)6-7-19-14-5-4-11(9-18)10-20-14/h1-5,8,10H,6-7H2,(H,19,20). The van der Waals surface area contributed by atoms with Gasteiger partial charge in [-0.2, -0.15) is 10.2 Å². The molecule has 0 fully saturated rings. The van der Waals surface area contributed by atoms with Gasteiger partial charge < -0.3 is 9.84 Å². The summed E-state index contributed by atoms with van der Waals surface area (Å²) in [5, 5.41) is 16.4. The number of pyridine rings is 1. The molecule has 0 spiro atoms. The van der Waals surface area contributed by atoms with Crippen molar-refractivity contribution in [2.24, 2.45) is 0 Å². The van der Waals surface area contributed by atoms with E-state index >= 15 is 0 Å². The van der Waals surface area contributed by atoms with Crippen LogP contribution in [0.25, 0.3) is 11.4 Å². The molecular formula is C16H12ClN5O. The number of aromatic nitrogens is 3. The van der Waals surface area contributed by atoms with Crippen molar-refractivity contribution in [3.63, 3.8) is 0 Å². The van der Waals surface area contributed by atoms with Crippen molar-refractivity contribution in [2.75, 3.05) is 11.9 Å². The summed E-state index contributed by atoms with van der Waals surface area (Å²) in [6.45, 7) is 0.593. The van der Waals surface area contributed by atoms with Crippen LogP contribution in [-0.2, 0) is 6.42 Å². The van der Waals surface area contributed by atoms with Crippen LogP contribution in [0.3, 0.4) is 0 Å². The fourth-order valence-corrected chi connectivity index (χ4v) is 2.15. The van der Waals surface area contributed by atoms with Crippen molar-refractivity contribution in [3.8, 4) is 17.5 Å². The van der Waals surface area contributed by atoms with Crippen LogP contribution in [0.2, 0.25) is 5.02 Å². The monoisotopic (exact) mass is 325 g/mol. The number of nitrogens with zero attached hydrogens (tertiary/aromatic N) is 4. The Morgan fingerprint density at radius 2 is 2.17 bits per heavy atom. The van der Waals surface area contributed by atoms with Gasteiger partial charge in [-0.15, -0.1) is 0 Å². The second kappa shape index (κ2) is 6.90. The first-order chi connectivity index (χ1) is 11.2. The average Bonchev–Trinajstić information content (AvgIpc) is 3.04. The molecule has 1 N–H and O–H groups in total. The fraction of sp³-hybridized carbons (Fsp3) is 0.125. The maximum absolute atomic E-state index is 8.72. The Morgan fingerprint density at radius 3 is 2.91 bits per heavy atom. The molecule has 3 rings (SSSR count). The first-order valence-corrected chi connectivity index (χ1v) is 7.31. The molecule has 2 aromatic heterocycles. The highest BCUT2D eigenvalue weighted by Crippen LogP contribution is 2.20. The molecule has 23 heavy (non-hydrogen) atoms. The lowest BCUT2D eigenvalue weighted by molar-refractivity contribution is 0.381. The van der Waals surface area contributed by atoms with Crippen LogP contribution in [0, 0.1) is 11.3 Å². The Hall–Kier alpha value is -2.91. The molecule has 2 heterocycles. The smallest absolute Gasteiger partial charge is 0.228 e. The van der Waals surface area contributed by atoms with E-state index in [9.17, 15) is 0 Å². The molecule has 3 aromatic rings. The molecule has 0 saturated heterocycles. The van der Waals surface area contributed by atoms with Crippen molar-refractivity contribution in [2.45, 2.75) is 6.42 Å². The van der Waals surface area contributed by atoms with E-state index in [2.05, 4.69) is 20.4 Å². The molecule has 0 aliphatic carbocycles. The molecule has 7 heteroatoms. The molecule has 1 aromatic carbocycles. The van der Waals surface area contributed by atoms with Gasteiger partial charge >= 0.3 is 0 Å². The highest BCUT2D eigenvalue weighted by molar-refractivity contribution is 6.30. The van der Waals surface area contributed by atoms with Crippen LogP contribution >= 0.6 is 11.6 Å². The number of nitrogens with one attached hydrogen (secondary N) is 1. The van der Waals surface area contributed by atoms with E-state index in [-0.39, 0.29) is 0 Å². The van der Waals surface area contributed by atoms with Crippen LogP contribution in [0.5, 0.6) is 0 Å². The van der Waals surface area contributed by atoms with Gasteiger partial charge in [-0.1, -0.05) is 28.9 Å². The molecule has 6 nitrogen and oxygen atoms in total. The summed E-state index contributed by atoms with van der Waals surface area (Å²) in [4.78, 5) is 8.47. The molecule has 0 unspecified atom stereocenters. The predicted molar refractivity (Wildman–Crippen MR) is 85.9 cm³/mol. The predicted octanol–water partition coefficient (Wildman–Crippen LogP) is 3.31. The van der Waals surface area contributed by atoms with E-state index < -0.39 is 0 Å². The maximum atomic E-state index is 8.72. The summed E-state index contributed by atoms with van der Waals surface area (Å²) in [7, 11) is 0. The number of halogens is 1. The SMILES string of the molecule is N#Cc1ccc(NCCc2nc(-c3cccc(Cl)c3)no2)nc1. The van der Waals surface area contributed by atoms with E-state index in [0.29, 0.717) is 41.1 Å². The number of hydrogen-bond donors (Lipinski definition) is 1. The van der Waals surface area contributed by atoms with E-state index in [1.54, 1.807) is 24.3 Å². The number of nitriles is 1. The first-order valence-electron chi connectivity index (χ1n) is 6.93. The molecule has 0 bridgehead atoms. The zero-order chi connectivity index (χ0) is 16.1. The van der Waals surface area contributed by atoms with Gasteiger partial charge in [0.2, 0.25) is 11.7 Å². The Balaban J connectivity index is 1.58. The van der Waals surface area contributed by atoms with E-state index in [1.807, 2.05) is 18.2 Å². The van der Waals surface area contributed by atoms with E-state index in [0.717, 1.165) is 5.56 Å². The van der Waals surface area contributed by atoms with Gasteiger partial charge in [0.1, 0.15) is 11.9 Å². The normalized spacial score (nSPS) is 10.3. The molecule has 0 aliphatic heterocycles. The maximum Gasteiger partial charge on any atom is 0.228 e. The average molecular weight is 326 g/mol. The molecule has 114 valence electrons. The lowest BCUT2D eigenvalue weighted by Gasteiger charge is -2.02. The van der Waals surface area contributed by atoms with Crippen molar-refractivity contribution in [1.29, 1.82) is 5.26 Å². The van der Waals surface area contributed by atoms with Gasteiger partial charge in [-0.3, -0.25) is 0 Å². The highest BCUT2D eigenvalue weighted by atomic mass is 35.5. The minimum absolute atomic E-state index is 0.513. The second-order valence-corrected chi connectivity index (χ2v) is 5.18. The summed E-state index contributed by atoms with van der Waals surface area (Å²) < 4.78 is 5.23. The third-order valence-corrected chi connectivity index (χ3v) is 3.32. The fourth-order valence-electron chi connectivity index (χ4n) is 1.96. The molecular weight excluding hydrogens is 314 g/mol. The largest absolute Gasteiger partial charge is 0.370 e. The lowest BCUT2D eigenvalue weighted by atomic mass is 10.2. The number of benzene rings is 1. The molecule has 0 amide bonds. The highest BCUT2D eigenvalue weighted by Gasteiger charge is 2.08. The third kappa shape index (κ3) is 3.84. The van der Waals surface area contributed by atoms with Gasteiger partial charge in [0.05, 0.1) is 5.56 Å². The zero-order valence-electron chi connectivity index (χ0n) is 12.0. The Bertz CT molecular complexity index is 838. The second-order valence-electron chi connectivity index (χ2n) is 4.74. The molecule has 0 aliphatic rings. The quantitative estimate of drug-likeness (QED) is 0.774. The molecule has 0 atom stereocenters. The van der Waals surface area contributed by atoms with Gasteiger partial charge in [-0.25, -0.2) is 4.98 Å². The van der Waals surface area contributed by atoms with Gasteiger partial charge in [0.25, 0.3) is 0 Å². The number of anilines is 1. The van der Waals surface area contributed by atoms with Crippen molar-refractivity contribution in [1.82, 2.24) is 15.1 Å². The van der Waals surface area contributed by atoms with Gasteiger partial charge in [0, 0.05) is 29.7 Å². The lowest BCUT2D eigenvalue weighted by Crippen LogP contribution is -2.06. The summed E-state index contributed by atoms with van der Waals surface area (Å²) in [6.07, 6.45) is 2.08. The Morgan fingerprint density at radius 1 is 1.26 bits per heavy atom. The van der Waals surface area contributed by atoms with Crippen molar-refractivity contribution in [3.05, 3.63) is 59.1 Å². The summed E-state index contributed by atoms with van der Waals surface area (Å²) in [6, 6.07) is 12.8. The van der Waals surface area contributed by atoms with Gasteiger partial charge in [-0.05, 0) is 24.3 Å². The summed E-state index contributed by atoms with van der Waals surface area (Å²) in [5.74, 6) is 1.73. The molecule has 0 saturated carbocycles. The Labute approximate surface area is 137 Å². The zero-order valence-corrected chi connectivity index (χ0v) is 12.8. The first kappa shape index (κ1) is 15.0. The van der Waals surface area contributed by atoms with Crippen molar-refractivity contribution >= 4 is 17.4 Å². The van der Waals surface area contributed by atoms with Gasteiger partial charge in [0.15, 0.2) is 0 Å². The number of hydrogen-bond acceptors (Lipinski definition) is 6. The summed E-state index contributed by atoms with van der Waals surface area (Å²) >= 11 is 5.95. The minimum atomic E-state index is 0.513. The summed E-state index contributed by atoms with van der Waals surface area (Å²) in [5.41, 5.74) is 1.34. The van der Waals surface area contributed by atoms with E-state index in [1.165, 1.54) is 6.20 Å². The minimum Gasteiger partial charge on any atom is -0.370 e. The van der Waals surface area contributed by atoms with Crippen LogP contribution < -0.4 is 5.32 Å². The van der Waals surface area contributed by atoms with Crippen LogP contribution in [0.4, 0.5) is 5.82 Å². The third-order valence-electron chi connectivity index (χ3n) is 3.09. The Kier molecular flexibility index (Phi) is 4.50. The van der Waals surface area contributed by atoms with E-state index in [4.69, 9.17) is 21.4 Å². The van der Waals surface area contributed by atoms with Crippen LogP contribution in [0.1, 0.15) is 11.5 Å². The molecule has 0 radical (unpaired) electrons. The van der Waals surface area contributed by atoms with Crippen LogP contribution in [0.15, 0.2) is 47.1 Å². The number of rotatable bonds is 5. The topological polar surface area (TPSA) is 87.6 Å².